The van der Waals surface area contributed by atoms with Crippen LogP contribution in [0.1, 0.15) is 17.5 Å². The number of nitrogens with one attached hydrogen (secondary N) is 1. The first-order valence-electron chi connectivity index (χ1n) is 10.7. The summed E-state index contributed by atoms with van der Waals surface area (Å²) in [4.78, 5) is 26.9. The molecule has 2 aliphatic heterocycles. The second-order valence-corrected chi connectivity index (χ2v) is 11.1. The lowest BCUT2D eigenvalue weighted by molar-refractivity contribution is -0.139. The molecule has 0 saturated carbocycles. The number of pyridine rings is 1. The topological polar surface area (TPSA) is 109 Å². The summed E-state index contributed by atoms with van der Waals surface area (Å²) in [5.41, 5.74) is 1.83. The van der Waals surface area contributed by atoms with Crippen molar-refractivity contribution >= 4 is 32.8 Å². The number of rotatable bonds is 4. The minimum absolute atomic E-state index is 0.0305. The number of carboxylic acids is 1. The van der Waals surface area contributed by atoms with Gasteiger partial charge in [-0.15, -0.1) is 0 Å². The molecule has 2 aromatic rings. The van der Waals surface area contributed by atoms with Crippen molar-refractivity contribution < 1.29 is 27.1 Å². The van der Waals surface area contributed by atoms with E-state index < -0.39 is 45.1 Å². The maximum atomic E-state index is 14.8. The number of benzene rings is 1. The molecule has 2 unspecified atom stereocenters. The Kier molecular flexibility index (Phi) is 5.20. The van der Waals surface area contributed by atoms with Crippen LogP contribution in [0.4, 0.5) is 14.5 Å². The molecule has 0 fully saturated rings. The molecule has 0 amide bonds. The minimum atomic E-state index is -3.51. The fourth-order valence-electron chi connectivity index (χ4n) is 4.94. The van der Waals surface area contributed by atoms with Crippen LogP contribution in [0, 0.1) is 11.6 Å². The average Bonchev–Trinajstić information content (AvgIpc) is 3.05. The van der Waals surface area contributed by atoms with E-state index in [1.54, 1.807) is 25.4 Å². The molecule has 3 heterocycles. The van der Waals surface area contributed by atoms with Gasteiger partial charge in [-0.2, -0.15) is 0 Å². The van der Waals surface area contributed by atoms with Gasteiger partial charge in [0.25, 0.3) is 5.56 Å². The van der Waals surface area contributed by atoms with Crippen molar-refractivity contribution in [3.05, 3.63) is 87.0 Å². The Balaban J connectivity index is 1.82. The predicted molar refractivity (Wildman–Crippen MR) is 126 cm³/mol. The molecular formula is C24H21F2N3O5S. The Morgan fingerprint density at radius 3 is 2.66 bits per heavy atom. The van der Waals surface area contributed by atoms with E-state index in [0.717, 1.165) is 18.4 Å². The monoisotopic (exact) mass is 501 g/mol. The van der Waals surface area contributed by atoms with E-state index in [1.807, 2.05) is 0 Å². The zero-order valence-electron chi connectivity index (χ0n) is 18.7. The van der Waals surface area contributed by atoms with E-state index >= 15 is 0 Å². The Labute approximate surface area is 199 Å². The van der Waals surface area contributed by atoms with E-state index in [-0.39, 0.29) is 29.1 Å². The molecule has 0 radical (unpaired) electrons. The van der Waals surface area contributed by atoms with Gasteiger partial charge in [0.05, 0.1) is 28.7 Å². The van der Waals surface area contributed by atoms with Gasteiger partial charge in [0.15, 0.2) is 9.84 Å². The average molecular weight is 502 g/mol. The lowest BCUT2D eigenvalue weighted by atomic mass is 9.88. The summed E-state index contributed by atoms with van der Waals surface area (Å²) in [7, 11) is -1.97. The number of aliphatic carboxylic acids is 1. The summed E-state index contributed by atoms with van der Waals surface area (Å²) < 4.78 is 54.2. The van der Waals surface area contributed by atoms with Gasteiger partial charge in [0.1, 0.15) is 17.7 Å². The molecule has 8 nitrogen and oxygen atoms in total. The zero-order valence-corrected chi connectivity index (χ0v) is 19.6. The third-order valence-corrected chi connectivity index (χ3v) is 7.24. The standard InChI is InChI=1S/C24H21F2N3O5S/c1-28-6-5-15-13(11-35(2,33)34)7-12-10-29(18-4-3-14(25)8-16(18)26)19-9-17(24(31)32)27-22(20(12)19)21(15)23(28)30/h3-8,10,17,19,27H,9,11H2,1-2H3,(H,31,32). The van der Waals surface area contributed by atoms with E-state index in [9.17, 15) is 31.9 Å². The number of allylic oxidation sites excluding steroid dienone is 1. The van der Waals surface area contributed by atoms with E-state index in [1.165, 1.54) is 21.7 Å². The largest absolute Gasteiger partial charge is 0.480 e. The molecule has 3 aliphatic rings. The van der Waals surface area contributed by atoms with Gasteiger partial charge in [-0.1, -0.05) is 0 Å². The molecule has 1 aliphatic carbocycles. The summed E-state index contributed by atoms with van der Waals surface area (Å²) >= 11 is 0. The molecule has 5 rings (SSSR count). The third kappa shape index (κ3) is 3.85. The summed E-state index contributed by atoms with van der Waals surface area (Å²) in [6, 6.07) is 2.94. The number of fused-ring (bicyclic) bond motifs is 2. The first kappa shape index (κ1) is 23.0. The Morgan fingerprint density at radius 1 is 1.26 bits per heavy atom. The van der Waals surface area contributed by atoms with Crippen LogP contribution < -0.4 is 15.8 Å². The summed E-state index contributed by atoms with van der Waals surface area (Å²) in [6.45, 7) is 0. The molecule has 2 N–H and O–H groups in total. The smallest absolute Gasteiger partial charge is 0.326 e. The highest BCUT2D eigenvalue weighted by atomic mass is 32.2. The van der Waals surface area contributed by atoms with E-state index in [0.29, 0.717) is 22.3 Å². The van der Waals surface area contributed by atoms with Crippen LogP contribution in [0.15, 0.2) is 58.7 Å². The van der Waals surface area contributed by atoms with Gasteiger partial charge in [0.2, 0.25) is 0 Å². The first-order valence-corrected chi connectivity index (χ1v) is 12.8. The van der Waals surface area contributed by atoms with Crippen LogP contribution in [0.2, 0.25) is 0 Å². The van der Waals surface area contributed by atoms with Gasteiger partial charge in [-0.25, -0.2) is 22.0 Å². The first-order chi connectivity index (χ1) is 16.4. The highest BCUT2D eigenvalue weighted by Gasteiger charge is 2.43. The van der Waals surface area contributed by atoms with Crippen molar-refractivity contribution in [1.29, 1.82) is 0 Å². The number of aromatic nitrogens is 1. The maximum absolute atomic E-state index is 14.8. The maximum Gasteiger partial charge on any atom is 0.326 e. The van der Waals surface area contributed by atoms with E-state index in [2.05, 4.69) is 5.32 Å². The highest BCUT2D eigenvalue weighted by molar-refractivity contribution is 7.91. The molecule has 2 atom stereocenters. The molecule has 182 valence electrons. The summed E-state index contributed by atoms with van der Waals surface area (Å²) in [6.07, 6.45) is 5.85. The zero-order chi connectivity index (χ0) is 25.2. The Bertz CT molecular complexity index is 1560. The van der Waals surface area contributed by atoms with Crippen molar-refractivity contribution in [3.63, 3.8) is 0 Å². The van der Waals surface area contributed by atoms with Crippen LogP contribution in [0.3, 0.4) is 0 Å². The summed E-state index contributed by atoms with van der Waals surface area (Å²) in [5, 5.41) is 12.8. The van der Waals surface area contributed by atoms with Crippen LogP contribution in [0.25, 0.3) is 11.3 Å². The van der Waals surface area contributed by atoms with Gasteiger partial charge in [-0.05, 0) is 41.0 Å². The number of hydrogen-bond donors (Lipinski definition) is 2. The number of halogens is 2. The van der Waals surface area contributed by atoms with Crippen LogP contribution in [-0.2, 0) is 21.7 Å². The number of sulfone groups is 1. The van der Waals surface area contributed by atoms with E-state index in [4.69, 9.17) is 0 Å². The molecule has 1 aromatic heterocycles. The van der Waals surface area contributed by atoms with Gasteiger partial charge in [-0.3, -0.25) is 4.79 Å². The predicted octanol–water partition coefficient (Wildman–Crippen LogP) is 2.04. The van der Waals surface area contributed by atoms with Gasteiger partial charge < -0.3 is 19.9 Å². The van der Waals surface area contributed by atoms with Crippen molar-refractivity contribution in [1.82, 2.24) is 9.88 Å². The molecule has 0 bridgehead atoms. The number of hydrogen-bond acceptors (Lipinski definition) is 6. The molecular weight excluding hydrogens is 480 g/mol. The van der Waals surface area contributed by atoms with Gasteiger partial charge in [0, 0.05) is 43.8 Å². The number of nitrogens with zero attached hydrogens (tertiary/aromatic N) is 2. The van der Waals surface area contributed by atoms with Crippen LogP contribution in [-0.4, -0.2) is 48.2 Å². The molecule has 0 spiro atoms. The Hall–Kier alpha value is -3.73. The molecule has 35 heavy (non-hydrogen) atoms. The summed E-state index contributed by atoms with van der Waals surface area (Å²) in [5.74, 6) is -3.10. The number of aryl methyl sites for hydroxylation is 1. The van der Waals surface area contributed by atoms with Crippen LogP contribution in [0.5, 0.6) is 0 Å². The Morgan fingerprint density at radius 2 is 2.00 bits per heavy atom. The lowest BCUT2D eigenvalue weighted by Gasteiger charge is -2.35. The number of anilines is 1. The third-order valence-electron chi connectivity index (χ3n) is 6.40. The molecule has 0 saturated heterocycles. The number of carboxylic acid groups (broad SMARTS) is 1. The van der Waals surface area contributed by atoms with Crippen molar-refractivity contribution in [2.45, 2.75) is 18.5 Å². The normalized spacial score (nSPS) is 21.0. The van der Waals surface area contributed by atoms with Crippen LogP contribution >= 0.6 is 0 Å². The highest BCUT2D eigenvalue weighted by Crippen LogP contribution is 2.45. The van der Waals surface area contributed by atoms with Crippen molar-refractivity contribution in [2.24, 2.45) is 7.05 Å². The quantitative estimate of drug-likeness (QED) is 0.660. The van der Waals surface area contributed by atoms with Crippen molar-refractivity contribution in [3.8, 4) is 0 Å². The van der Waals surface area contributed by atoms with Gasteiger partial charge >= 0.3 is 5.97 Å². The lowest BCUT2D eigenvalue weighted by Crippen LogP contribution is -2.48. The second kappa shape index (κ2) is 7.91. The minimum Gasteiger partial charge on any atom is -0.480 e. The molecule has 1 aromatic carbocycles. The fourth-order valence-corrected chi connectivity index (χ4v) is 5.74. The molecule has 11 heteroatoms. The fraction of sp³-hybridized carbons (Fsp3) is 0.250. The number of carbonyl (C=O) groups is 1. The SMILES string of the molecule is Cn1ccc2c(c1=O)C1=C3C(=CN(c4ccc(F)cc4F)C3CC(C(=O)O)N1)C=C2CS(C)(=O)=O. The second-order valence-electron chi connectivity index (χ2n) is 8.92. The van der Waals surface area contributed by atoms with Crippen molar-refractivity contribution in [2.75, 3.05) is 16.9 Å².